The highest BCUT2D eigenvalue weighted by Crippen LogP contribution is 2.34. The molecule has 0 saturated heterocycles. The number of hydrogen-bond acceptors (Lipinski definition) is 16. The SMILES string of the molecule is CC(=O)[O-].CC(=O)[O-].CC(=O)[O-].CC[C@H](C)[C@H](CC(=O)[C@H](Cc1ccc(O)cc1C)NC(=O)[C@@H](CC(=O)[C@H](CCC[NH+]=C(N)N)NC(=O)[C@@H](N)CC(=O)O)C(C)C)C(=O)N[C@@H](CC1=CCC=[NH+]1)C(=O)C1CCC[C@H]1C(=O)O. The van der Waals surface area contributed by atoms with Gasteiger partial charge in [0.25, 0.3) is 0 Å². The van der Waals surface area contributed by atoms with Crippen molar-refractivity contribution in [3.8, 4) is 5.75 Å². The summed E-state index contributed by atoms with van der Waals surface area (Å²) < 4.78 is 0. The predicted molar refractivity (Wildman–Crippen MR) is 271 cm³/mol. The molecule has 0 bridgehead atoms. The van der Waals surface area contributed by atoms with E-state index < -0.39 is 119 Å². The number of amides is 3. The van der Waals surface area contributed by atoms with Crippen LogP contribution in [-0.4, -0.2) is 123 Å². The lowest BCUT2D eigenvalue weighted by Crippen LogP contribution is -2.78. The van der Waals surface area contributed by atoms with Gasteiger partial charge in [-0.1, -0.05) is 46.6 Å². The Morgan fingerprint density at radius 3 is 1.77 bits per heavy atom. The molecule has 2 aliphatic rings. The molecule has 1 unspecified atom stereocenters. The number of phenolic OH excluding ortho intramolecular Hbond substituents is 1. The maximum atomic E-state index is 14.6. The summed E-state index contributed by atoms with van der Waals surface area (Å²) in [6.07, 6.45) is 5.11. The van der Waals surface area contributed by atoms with E-state index in [1.165, 1.54) is 12.1 Å². The number of carbonyl (C=O) groups excluding carboxylic acids is 9. The van der Waals surface area contributed by atoms with Crippen molar-refractivity contribution in [1.82, 2.24) is 16.0 Å². The molecule has 1 aromatic rings. The molecule has 3 rings (SSSR count). The number of carboxylic acids is 5. The quantitative estimate of drug-likeness (QED) is 0.0212. The van der Waals surface area contributed by atoms with Gasteiger partial charge < -0.3 is 66.7 Å². The fraction of sp³-hybridized carbons (Fsp3) is 0.596. The maximum Gasteiger partial charge on any atom is 0.338 e. The van der Waals surface area contributed by atoms with Crippen molar-refractivity contribution < 1.29 is 93.4 Å². The summed E-state index contributed by atoms with van der Waals surface area (Å²) in [5.41, 5.74) is 18.7. The van der Waals surface area contributed by atoms with Gasteiger partial charge in [0, 0.05) is 61.3 Å². The Hall–Kier alpha value is -7.57. The zero-order valence-corrected chi connectivity index (χ0v) is 45.1. The van der Waals surface area contributed by atoms with Crippen LogP contribution in [-0.2, 0) is 59.2 Å². The maximum absolute atomic E-state index is 14.6. The first kappa shape index (κ1) is 69.4. The predicted octanol–water partition coefficient (Wildman–Crippen LogP) is -5.35. The van der Waals surface area contributed by atoms with Gasteiger partial charge in [-0.25, -0.2) is 4.99 Å². The highest BCUT2D eigenvalue weighted by Gasteiger charge is 2.43. The van der Waals surface area contributed by atoms with Gasteiger partial charge in [0.1, 0.15) is 12.0 Å². The Balaban J connectivity index is 0.00000434. The summed E-state index contributed by atoms with van der Waals surface area (Å²) in [5.74, 6) is -13.6. The third kappa shape index (κ3) is 28.2. The molecule has 25 heteroatoms. The zero-order chi connectivity index (χ0) is 59.3. The second kappa shape index (κ2) is 35.6. The number of allylic oxidation sites excluding steroid dienone is 1. The third-order valence-electron chi connectivity index (χ3n) is 12.6. The van der Waals surface area contributed by atoms with Crippen LogP contribution < -0.4 is 58.5 Å². The summed E-state index contributed by atoms with van der Waals surface area (Å²) in [5, 5.41) is 64.1. The number of aromatic hydroxyl groups is 1. The average molecular weight is 1090 g/mol. The molecule has 1 heterocycles. The molecule has 1 fully saturated rings. The van der Waals surface area contributed by atoms with Crippen molar-refractivity contribution in [2.24, 2.45) is 52.7 Å². The minimum atomic E-state index is -1.45. The van der Waals surface area contributed by atoms with Gasteiger partial charge in [0.15, 0.2) is 23.0 Å². The lowest BCUT2D eigenvalue weighted by atomic mass is 9.82. The average Bonchev–Trinajstić information content (AvgIpc) is 4.03. The van der Waals surface area contributed by atoms with Gasteiger partial charge >= 0.3 is 17.9 Å². The summed E-state index contributed by atoms with van der Waals surface area (Å²) in [6.45, 7) is 12.0. The molecule has 430 valence electrons. The molecule has 3 amide bonds. The van der Waals surface area contributed by atoms with Crippen molar-refractivity contribution in [2.75, 3.05) is 6.54 Å². The van der Waals surface area contributed by atoms with E-state index in [-0.39, 0.29) is 62.1 Å². The van der Waals surface area contributed by atoms with Crippen LogP contribution >= 0.6 is 0 Å². The van der Waals surface area contributed by atoms with Gasteiger partial charge in [-0.2, -0.15) is 0 Å². The molecule has 1 aromatic carbocycles. The Morgan fingerprint density at radius 2 is 1.27 bits per heavy atom. The Morgan fingerprint density at radius 1 is 0.753 bits per heavy atom. The number of Topliss-reactive ketones (excluding diaryl/α,β-unsaturated/α-hetero) is 3. The first-order chi connectivity index (χ1) is 35.8. The van der Waals surface area contributed by atoms with E-state index >= 15 is 0 Å². The van der Waals surface area contributed by atoms with E-state index in [0.29, 0.717) is 55.3 Å². The molecular weight excluding hydrogens is 1010 g/mol. The van der Waals surface area contributed by atoms with Crippen molar-refractivity contribution >= 4 is 77.1 Å². The van der Waals surface area contributed by atoms with E-state index in [1.807, 2.05) is 19.9 Å². The smallest absolute Gasteiger partial charge is 0.338 e. The number of aliphatic carboxylic acids is 5. The number of carboxylic acid groups (broad SMARTS) is 5. The lowest BCUT2D eigenvalue weighted by Gasteiger charge is -2.29. The molecule has 1 aliphatic heterocycles. The number of rotatable bonds is 28. The van der Waals surface area contributed by atoms with Gasteiger partial charge in [-0.05, 0) is 94.5 Å². The molecule has 9 atom stereocenters. The van der Waals surface area contributed by atoms with Gasteiger partial charge in [0.2, 0.25) is 17.7 Å². The summed E-state index contributed by atoms with van der Waals surface area (Å²) in [6, 6.07) is -0.302. The first-order valence-electron chi connectivity index (χ1n) is 25.2. The van der Waals surface area contributed by atoms with Crippen LogP contribution in [0.25, 0.3) is 0 Å². The number of phenols is 1. The standard InChI is InChI=1S/C46H68N8O11.3C2H4O2/c1-6-25(4)33(43(62)54-37(20-28-10-8-16-50-28)41(60)30-11-7-12-31(30)45(64)65)22-39(57)36(19-27-14-15-29(55)18-26(27)5)53-42(61)32(24(2)3)21-38(56)35(13-9-17-51-46(48)49)52-44(63)34(47)23-40(58)59;3*1-2(3)4/h10,14-16,18,24-25,30-37,55H,6-9,11-13,17,19-23,47H2,1-5H3,(H,52,63)(H,53,61)(H,54,62)(H,58,59)(H,64,65)(H4,48,49,51);3*1H3,(H,3,4)/p-1/t25-,30?,31+,32-,33-,34-,35-,36-,37-;;;/m0.../s1. The number of aryl methyl sites for hydroxylation is 1. The number of benzene rings is 1. The molecule has 0 spiro atoms. The van der Waals surface area contributed by atoms with Gasteiger partial charge in [0.05, 0.1) is 49.5 Å². The normalized spacial score (nSPS) is 16.9. The topological polar surface area (TPSA) is 460 Å². The summed E-state index contributed by atoms with van der Waals surface area (Å²) in [7, 11) is 0. The summed E-state index contributed by atoms with van der Waals surface area (Å²) >= 11 is 0. The number of nitrogens with one attached hydrogen (secondary N) is 5. The van der Waals surface area contributed by atoms with Crippen molar-refractivity contribution in [3.63, 3.8) is 0 Å². The largest absolute Gasteiger partial charge is 0.550 e. The molecule has 0 radical (unpaired) electrons. The lowest BCUT2D eigenvalue weighted by molar-refractivity contribution is -0.459. The van der Waals surface area contributed by atoms with Crippen molar-refractivity contribution in [2.45, 2.75) is 157 Å². The fourth-order valence-electron chi connectivity index (χ4n) is 8.42. The van der Waals surface area contributed by atoms with Crippen molar-refractivity contribution in [3.05, 3.63) is 41.1 Å². The first-order valence-corrected chi connectivity index (χ1v) is 25.2. The number of ketones is 3. The van der Waals surface area contributed by atoms with E-state index in [1.54, 1.807) is 33.1 Å². The van der Waals surface area contributed by atoms with E-state index in [2.05, 4.69) is 25.9 Å². The van der Waals surface area contributed by atoms with Crippen LogP contribution in [0.1, 0.15) is 130 Å². The van der Waals surface area contributed by atoms with E-state index in [0.717, 1.165) is 20.8 Å². The van der Waals surface area contributed by atoms with Gasteiger partial charge in [-0.15, -0.1) is 0 Å². The monoisotopic (exact) mass is 1090 g/mol. The fourth-order valence-corrected chi connectivity index (χ4v) is 8.42. The Bertz CT molecular complexity index is 2270. The second-order valence-electron chi connectivity index (χ2n) is 19.3. The second-order valence-corrected chi connectivity index (χ2v) is 19.3. The van der Waals surface area contributed by atoms with Crippen molar-refractivity contribution in [1.29, 1.82) is 0 Å². The molecule has 1 aliphatic carbocycles. The number of hydrogen-bond donors (Lipinski definition) is 11. The molecule has 0 aromatic heterocycles. The van der Waals surface area contributed by atoms with Crippen LogP contribution in [0.4, 0.5) is 0 Å². The van der Waals surface area contributed by atoms with Crippen LogP contribution in [0.5, 0.6) is 5.75 Å². The minimum absolute atomic E-state index is 0.00568. The molecule has 14 N–H and O–H groups in total. The zero-order valence-electron chi connectivity index (χ0n) is 45.1. The highest BCUT2D eigenvalue weighted by atomic mass is 16.4. The van der Waals surface area contributed by atoms with Crippen LogP contribution in [0.2, 0.25) is 0 Å². The molecule has 25 nitrogen and oxygen atoms in total. The van der Waals surface area contributed by atoms with E-state index in [9.17, 15) is 48.6 Å². The van der Waals surface area contributed by atoms with Crippen LogP contribution in [0.3, 0.4) is 0 Å². The minimum Gasteiger partial charge on any atom is -0.550 e. The highest BCUT2D eigenvalue weighted by molar-refractivity contribution is 5.98. The molecule has 77 heavy (non-hydrogen) atoms. The van der Waals surface area contributed by atoms with Crippen LogP contribution in [0.15, 0.2) is 30.0 Å². The van der Waals surface area contributed by atoms with Crippen LogP contribution in [0, 0.1) is 42.4 Å². The number of carbonyl (C=O) groups is 11. The number of nitrogens with two attached hydrogens (primary N) is 3. The Kier molecular flexibility index (Phi) is 32.1. The Labute approximate surface area is 448 Å². The van der Waals surface area contributed by atoms with Gasteiger partial charge in [-0.3, -0.25) is 54.8 Å². The van der Waals surface area contributed by atoms with E-state index in [4.69, 9.17) is 52.0 Å². The third-order valence-corrected chi connectivity index (χ3v) is 12.6. The molecule has 1 saturated carbocycles. The summed E-state index contributed by atoms with van der Waals surface area (Å²) in [4.78, 5) is 140. The number of guanidine groups is 1. The molecular formula is C52H79N8O17-.